The molecule has 0 bridgehead atoms. The second-order valence-electron chi connectivity index (χ2n) is 5.19. The van der Waals surface area contributed by atoms with Crippen LogP contribution in [-0.4, -0.2) is 15.9 Å². The molecule has 0 unspecified atom stereocenters. The van der Waals surface area contributed by atoms with Crippen LogP contribution in [0, 0.1) is 22.7 Å². The minimum Gasteiger partial charge on any atom is -0.324 e. The summed E-state index contributed by atoms with van der Waals surface area (Å²) >= 11 is 0. The quantitative estimate of drug-likeness (QED) is 0.753. The number of hydrogen-bond acceptors (Lipinski definition) is 6. The van der Waals surface area contributed by atoms with Crippen LogP contribution in [0.1, 0.15) is 21.6 Å². The first-order chi connectivity index (χ1) is 12.7. The molecule has 0 atom stereocenters. The van der Waals surface area contributed by atoms with Gasteiger partial charge in [0.05, 0.1) is 22.9 Å². The van der Waals surface area contributed by atoms with E-state index >= 15 is 0 Å². The van der Waals surface area contributed by atoms with Crippen molar-refractivity contribution in [3.8, 4) is 12.1 Å². The molecule has 3 aromatic rings. The number of amides is 1. The van der Waals surface area contributed by atoms with E-state index in [0.29, 0.717) is 22.5 Å². The van der Waals surface area contributed by atoms with Crippen LogP contribution in [0.5, 0.6) is 0 Å². The van der Waals surface area contributed by atoms with Crippen LogP contribution in [0.2, 0.25) is 0 Å². The van der Waals surface area contributed by atoms with Gasteiger partial charge in [0.25, 0.3) is 5.91 Å². The second-order valence-corrected chi connectivity index (χ2v) is 5.19. The molecule has 124 valence electrons. The lowest BCUT2D eigenvalue weighted by Crippen LogP contribution is -2.15. The summed E-state index contributed by atoms with van der Waals surface area (Å²) in [7, 11) is 0. The topological polar surface area (TPSA) is 114 Å². The third-order valence-corrected chi connectivity index (χ3v) is 3.43. The maximum atomic E-state index is 12.4. The number of nitriles is 2. The molecule has 26 heavy (non-hydrogen) atoms. The number of nitrogens with zero attached hydrogens (tertiary/aromatic N) is 4. The molecule has 0 radical (unpaired) electrons. The Hall–Kier alpha value is -4.23. The number of hydrogen-bond donors (Lipinski definition) is 2. The number of carbonyl (C=O) groups excluding carboxylic acids is 1. The molecule has 0 aliphatic carbocycles. The van der Waals surface area contributed by atoms with Crippen LogP contribution in [-0.2, 0) is 0 Å². The van der Waals surface area contributed by atoms with E-state index in [-0.39, 0.29) is 11.6 Å². The summed E-state index contributed by atoms with van der Waals surface area (Å²) in [5.41, 5.74) is 2.05. The Balaban J connectivity index is 1.79. The van der Waals surface area contributed by atoms with Crippen molar-refractivity contribution in [3.05, 3.63) is 77.6 Å². The zero-order valence-electron chi connectivity index (χ0n) is 13.5. The molecule has 0 fully saturated rings. The van der Waals surface area contributed by atoms with Gasteiger partial charge in [0.1, 0.15) is 11.8 Å². The van der Waals surface area contributed by atoms with Crippen molar-refractivity contribution in [2.75, 3.05) is 10.6 Å². The zero-order valence-corrected chi connectivity index (χ0v) is 13.5. The fourth-order valence-electron chi connectivity index (χ4n) is 2.22. The molecule has 1 aromatic heterocycles. The molecule has 7 nitrogen and oxygen atoms in total. The molecule has 1 amide bonds. The molecule has 0 saturated carbocycles. The van der Waals surface area contributed by atoms with Gasteiger partial charge in [-0.25, -0.2) is 9.97 Å². The number of anilines is 3. The van der Waals surface area contributed by atoms with E-state index in [4.69, 9.17) is 10.5 Å². The van der Waals surface area contributed by atoms with Crippen molar-refractivity contribution in [1.29, 1.82) is 10.5 Å². The number of nitrogens with one attached hydrogen (secondary N) is 2. The fraction of sp³-hybridized carbons (Fsp3) is 0. The molecule has 0 aliphatic heterocycles. The normalized spacial score (nSPS) is 9.62. The number of benzene rings is 2. The van der Waals surface area contributed by atoms with E-state index in [0.717, 1.165) is 0 Å². The lowest BCUT2D eigenvalue weighted by Gasteiger charge is -2.08. The minimum absolute atomic E-state index is 0.145. The lowest BCUT2D eigenvalue weighted by molar-refractivity contribution is 0.102. The van der Waals surface area contributed by atoms with E-state index in [1.807, 2.05) is 12.1 Å². The predicted octanol–water partition coefficient (Wildman–Crippen LogP) is 3.22. The summed E-state index contributed by atoms with van der Waals surface area (Å²) in [4.78, 5) is 20.7. The highest BCUT2D eigenvalue weighted by molar-refractivity contribution is 6.03. The molecular formula is C19H12N6O. The third kappa shape index (κ3) is 3.81. The van der Waals surface area contributed by atoms with Gasteiger partial charge in [-0.2, -0.15) is 10.5 Å². The van der Waals surface area contributed by atoms with Gasteiger partial charge in [-0.05, 0) is 36.4 Å². The number of para-hydroxylation sites is 1. The van der Waals surface area contributed by atoms with Gasteiger partial charge in [-0.1, -0.05) is 18.2 Å². The largest absolute Gasteiger partial charge is 0.324 e. The van der Waals surface area contributed by atoms with Crippen molar-refractivity contribution in [2.45, 2.75) is 0 Å². The maximum Gasteiger partial charge on any atom is 0.274 e. The highest BCUT2D eigenvalue weighted by Crippen LogP contribution is 2.16. The van der Waals surface area contributed by atoms with Gasteiger partial charge in [-0.15, -0.1) is 0 Å². The van der Waals surface area contributed by atoms with Crippen molar-refractivity contribution in [3.63, 3.8) is 0 Å². The predicted molar refractivity (Wildman–Crippen MR) is 95.6 cm³/mol. The minimum atomic E-state index is -0.455. The highest BCUT2D eigenvalue weighted by atomic mass is 16.1. The van der Waals surface area contributed by atoms with Crippen LogP contribution in [0.25, 0.3) is 0 Å². The summed E-state index contributed by atoms with van der Waals surface area (Å²) in [6.07, 6.45) is 1.45. The molecule has 1 heterocycles. The van der Waals surface area contributed by atoms with Crippen LogP contribution >= 0.6 is 0 Å². The first-order valence-corrected chi connectivity index (χ1v) is 7.60. The van der Waals surface area contributed by atoms with Crippen LogP contribution in [0.15, 0.2) is 60.8 Å². The lowest BCUT2D eigenvalue weighted by atomic mass is 10.2. The van der Waals surface area contributed by atoms with Crippen LogP contribution < -0.4 is 10.6 Å². The van der Waals surface area contributed by atoms with Crippen molar-refractivity contribution >= 4 is 23.2 Å². The van der Waals surface area contributed by atoms with Gasteiger partial charge >= 0.3 is 0 Å². The number of carbonyl (C=O) groups is 1. The summed E-state index contributed by atoms with van der Waals surface area (Å²) in [5.74, 6) is -0.231. The summed E-state index contributed by atoms with van der Waals surface area (Å²) in [5, 5.41) is 23.7. The Morgan fingerprint density at radius 2 is 1.85 bits per heavy atom. The van der Waals surface area contributed by atoms with E-state index in [1.54, 1.807) is 48.5 Å². The first kappa shape index (κ1) is 16.6. The van der Waals surface area contributed by atoms with E-state index < -0.39 is 5.91 Å². The Labute approximate surface area is 149 Å². The van der Waals surface area contributed by atoms with E-state index in [9.17, 15) is 4.79 Å². The van der Waals surface area contributed by atoms with E-state index in [2.05, 4.69) is 20.6 Å². The molecule has 0 spiro atoms. The van der Waals surface area contributed by atoms with Gasteiger partial charge in [0.15, 0.2) is 0 Å². The maximum absolute atomic E-state index is 12.4. The Morgan fingerprint density at radius 1 is 1.00 bits per heavy atom. The Kier molecular flexibility index (Phi) is 4.83. The summed E-state index contributed by atoms with van der Waals surface area (Å²) in [6, 6.07) is 19.1. The molecule has 7 heteroatoms. The molecule has 0 aliphatic rings. The molecule has 3 rings (SSSR count). The van der Waals surface area contributed by atoms with Gasteiger partial charge in [-0.3, -0.25) is 4.79 Å². The number of aromatic nitrogens is 2. The standard InChI is InChI=1S/C19H12N6O/c20-11-13-4-3-6-15(10-13)23-19-22-9-8-17(25-19)18(26)24-16-7-2-1-5-14(16)12-21/h1-10H,(H,24,26)(H,22,23,25). The monoisotopic (exact) mass is 340 g/mol. The molecule has 2 N–H and O–H groups in total. The average Bonchev–Trinajstić information content (AvgIpc) is 2.68. The Bertz CT molecular complexity index is 1050. The van der Waals surface area contributed by atoms with Crippen LogP contribution in [0.3, 0.4) is 0 Å². The highest BCUT2D eigenvalue weighted by Gasteiger charge is 2.11. The van der Waals surface area contributed by atoms with E-state index in [1.165, 1.54) is 12.3 Å². The smallest absolute Gasteiger partial charge is 0.274 e. The second kappa shape index (κ2) is 7.56. The fourth-order valence-corrected chi connectivity index (χ4v) is 2.22. The first-order valence-electron chi connectivity index (χ1n) is 7.60. The summed E-state index contributed by atoms with van der Waals surface area (Å²) < 4.78 is 0. The average molecular weight is 340 g/mol. The van der Waals surface area contributed by atoms with Gasteiger partial charge < -0.3 is 10.6 Å². The molecule has 0 saturated heterocycles. The van der Waals surface area contributed by atoms with Crippen LogP contribution in [0.4, 0.5) is 17.3 Å². The SMILES string of the molecule is N#Cc1cccc(Nc2nccc(C(=O)Nc3ccccc3C#N)n2)c1. The Morgan fingerprint density at radius 3 is 2.65 bits per heavy atom. The summed E-state index contributed by atoms with van der Waals surface area (Å²) in [6.45, 7) is 0. The van der Waals surface area contributed by atoms with Crippen molar-refractivity contribution < 1.29 is 4.79 Å². The van der Waals surface area contributed by atoms with Gasteiger partial charge in [0, 0.05) is 11.9 Å². The molecular weight excluding hydrogens is 328 g/mol. The molecule has 2 aromatic carbocycles. The zero-order chi connectivity index (χ0) is 18.4. The van der Waals surface area contributed by atoms with Crippen molar-refractivity contribution in [1.82, 2.24) is 9.97 Å². The van der Waals surface area contributed by atoms with Gasteiger partial charge in [0.2, 0.25) is 5.95 Å². The number of rotatable bonds is 4. The third-order valence-electron chi connectivity index (χ3n) is 3.43. The van der Waals surface area contributed by atoms with Crippen molar-refractivity contribution in [2.24, 2.45) is 0 Å².